The molecule has 6 heteroatoms. The summed E-state index contributed by atoms with van der Waals surface area (Å²) >= 11 is 6.33. The van der Waals surface area contributed by atoms with Crippen LogP contribution >= 0.6 is 31.9 Å². The molecule has 0 bridgehead atoms. The van der Waals surface area contributed by atoms with E-state index in [2.05, 4.69) is 31.9 Å². The molecule has 2 aromatic rings. The second-order valence-corrected chi connectivity index (χ2v) is 6.43. The van der Waals surface area contributed by atoms with Crippen molar-refractivity contribution in [2.75, 3.05) is 0 Å². The van der Waals surface area contributed by atoms with Crippen molar-refractivity contribution < 1.29 is 17.6 Å². The molecule has 1 unspecified atom stereocenters. The van der Waals surface area contributed by atoms with Gasteiger partial charge in [0.15, 0.2) is 0 Å². The standard InChI is InChI=1S/C15H10Br2F4/c1-8-6-9(2-5-13(8)18)14(17)11-4-3-10(16)7-12(11)15(19,20)21/h2-7,14H,1H3. The van der Waals surface area contributed by atoms with Gasteiger partial charge in [0.2, 0.25) is 0 Å². The molecule has 0 amide bonds. The molecule has 0 aliphatic heterocycles. The summed E-state index contributed by atoms with van der Waals surface area (Å²) in [6, 6.07) is 8.27. The summed E-state index contributed by atoms with van der Waals surface area (Å²) in [4.78, 5) is -0.665. The predicted molar refractivity (Wildman–Crippen MR) is 81.1 cm³/mol. The number of hydrogen-bond acceptors (Lipinski definition) is 0. The predicted octanol–water partition coefficient (Wildman–Crippen LogP) is 6.40. The molecule has 0 spiro atoms. The highest BCUT2D eigenvalue weighted by Crippen LogP contribution is 2.41. The molecule has 0 saturated heterocycles. The van der Waals surface area contributed by atoms with Crippen molar-refractivity contribution in [1.82, 2.24) is 0 Å². The van der Waals surface area contributed by atoms with E-state index in [1.54, 1.807) is 13.0 Å². The second kappa shape index (κ2) is 6.08. The first-order chi connectivity index (χ1) is 9.70. The average Bonchev–Trinajstić information content (AvgIpc) is 2.40. The van der Waals surface area contributed by atoms with Gasteiger partial charge in [-0.15, -0.1) is 0 Å². The Labute approximate surface area is 136 Å². The highest BCUT2D eigenvalue weighted by Gasteiger charge is 2.35. The van der Waals surface area contributed by atoms with Crippen LogP contribution in [0.1, 0.15) is 27.1 Å². The molecule has 0 fully saturated rings. The lowest BCUT2D eigenvalue weighted by molar-refractivity contribution is -0.138. The Morgan fingerprint density at radius 3 is 2.29 bits per heavy atom. The number of hydrogen-bond donors (Lipinski definition) is 0. The van der Waals surface area contributed by atoms with Gasteiger partial charge in [0.1, 0.15) is 5.82 Å². The molecule has 112 valence electrons. The highest BCUT2D eigenvalue weighted by molar-refractivity contribution is 9.10. The molecular weight excluding hydrogens is 416 g/mol. The smallest absolute Gasteiger partial charge is 0.207 e. The van der Waals surface area contributed by atoms with Crippen LogP contribution in [0.25, 0.3) is 0 Å². The van der Waals surface area contributed by atoms with Gasteiger partial charge in [-0.25, -0.2) is 4.39 Å². The molecule has 0 N–H and O–H groups in total. The van der Waals surface area contributed by atoms with E-state index in [-0.39, 0.29) is 11.4 Å². The minimum atomic E-state index is -4.46. The summed E-state index contributed by atoms with van der Waals surface area (Å²) in [5.41, 5.74) is 0.335. The Kier molecular flexibility index (Phi) is 4.78. The summed E-state index contributed by atoms with van der Waals surface area (Å²) in [5, 5.41) is 0. The normalized spacial score (nSPS) is 13.3. The van der Waals surface area contributed by atoms with Crippen LogP contribution < -0.4 is 0 Å². The molecule has 0 nitrogen and oxygen atoms in total. The largest absolute Gasteiger partial charge is 0.416 e. The fourth-order valence-electron chi connectivity index (χ4n) is 2.00. The molecule has 0 saturated carbocycles. The van der Waals surface area contributed by atoms with E-state index in [4.69, 9.17) is 0 Å². The zero-order valence-electron chi connectivity index (χ0n) is 10.8. The highest BCUT2D eigenvalue weighted by atomic mass is 79.9. The van der Waals surface area contributed by atoms with Crippen LogP contribution in [-0.4, -0.2) is 0 Å². The molecule has 1 atom stereocenters. The van der Waals surface area contributed by atoms with E-state index >= 15 is 0 Å². The third kappa shape index (κ3) is 3.66. The van der Waals surface area contributed by atoms with Gasteiger partial charge in [0, 0.05) is 4.47 Å². The van der Waals surface area contributed by atoms with Crippen molar-refractivity contribution in [3.8, 4) is 0 Å². The van der Waals surface area contributed by atoms with Gasteiger partial charge >= 0.3 is 6.18 Å². The number of alkyl halides is 4. The Bertz CT molecular complexity index is 665. The van der Waals surface area contributed by atoms with E-state index in [9.17, 15) is 17.6 Å². The van der Waals surface area contributed by atoms with Gasteiger partial charge < -0.3 is 0 Å². The number of halogens is 6. The molecule has 21 heavy (non-hydrogen) atoms. The van der Waals surface area contributed by atoms with Crippen molar-refractivity contribution in [2.45, 2.75) is 17.9 Å². The molecule has 0 aromatic heterocycles. The quantitative estimate of drug-likeness (QED) is 0.385. The number of aryl methyl sites for hydroxylation is 1. The molecular formula is C15H10Br2F4. The maximum atomic E-state index is 13.3. The third-order valence-corrected chi connectivity index (χ3v) is 4.58. The van der Waals surface area contributed by atoms with Crippen molar-refractivity contribution in [2.24, 2.45) is 0 Å². The first kappa shape index (κ1) is 16.5. The topological polar surface area (TPSA) is 0 Å². The van der Waals surface area contributed by atoms with Crippen LogP contribution in [0.5, 0.6) is 0 Å². The second-order valence-electron chi connectivity index (χ2n) is 4.60. The summed E-state index contributed by atoms with van der Waals surface area (Å²) in [5.74, 6) is -0.384. The van der Waals surface area contributed by atoms with E-state index in [0.717, 1.165) is 6.07 Å². The van der Waals surface area contributed by atoms with Crippen LogP contribution in [0.3, 0.4) is 0 Å². The lowest BCUT2D eigenvalue weighted by Gasteiger charge is -2.18. The fourth-order valence-corrected chi connectivity index (χ4v) is 3.05. The van der Waals surface area contributed by atoms with Crippen LogP contribution in [0.15, 0.2) is 40.9 Å². The summed E-state index contributed by atoms with van der Waals surface area (Å²) < 4.78 is 53.1. The fraction of sp³-hybridized carbons (Fsp3) is 0.200. The Balaban J connectivity index is 2.52. The van der Waals surface area contributed by atoms with Crippen LogP contribution in [0, 0.1) is 12.7 Å². The van der Waals surface area contributed by atoms with E-state index in [1.807, 2.05) is 0 Å². The zero-order chi connectivity index (χ0) is 15.8. The van der Waals surface area contributed by atoms with E-state index in [0.29, 0.717) is 15.6 Å². The van der Waals surface area contributed by atoms with E-state index in [1.165, 1.54) is 24.3 Å². The zero-order valence-corrected chi connectivity index (χ0v) is 14.0. The molecule has 0 aliphatic carbocycles. The van der Waals surface area contributed by atoms with Gasteiger partial charge in [0.25, 0.3) is 0 Å². The Morgan fingerprint density at radius 1 is 1.05 bits per heavy atom. The monoisotopic (exact) mass is 424 g/mol. The Hall–Kier alpha value is -0.880. The lowest BCUT2D eigenvalue weighted by atomic mass is 9.98. The van der Waals surface area contributed by atoms with Gasteiger partial charge in [-0.2, -0.15) is 13.2 Å². The van der Waals surface area contributed by atoms with Crippen molar-refractivity contribution in [3.05, 3.63) is 68.9 Å². The molecule has 0 radical (unpaired) electrons. The first-order valence-electron chi connectivity index (χ1n) is 5.97. The minimum Gasteiger partial charge on any atom is -0.207 e. The van der Waals surface area contributed by atoms with Gasteiger partial charge in [-0.1, -0.05) is 50.1 Å². The van der Waals surface area contributed by atoms with Gasteiger partial charge in [-0.05, 0) is 41.8 Å². The summed E-state index contributed by atoms with van der Waals surface area (Å²) in [7, 11) is 0. The minimum absolute atomic E-state index is 0.0942. The van der Waals surface area contributed by atoms with Crippen molar-refractivity contribution in [1.29, 1.82) is 0 Å². The maximum absolute atomic E-state index is 13.3. The van der Waals surface area contributed by atoms with Crippen LogP contribution in [-0.2, 0) is 6.18 Å². The number of rotatable bonds is 2. The van der Waals surface area contributed by atoms with Gasteiger partial charge in [-0.3, -0.25) is 0 Å². The molecule has 2 rings (SSSR count). The molecule has 2 aromatic carbocycles. The number of benzene rings is 2. The van der Waals surface area contributed by atoms with Crippen molar-refractivity contribution in [3.63, 3.8) is 0 Å². The molecule has 0 aliphatic rings. The van der Waals surface area contributed by atoms with Crippen LogP contribution in [0.2, 0.25) is 0 Å². The third-order valence-electron chi connectivity index (χ3n) is 3.07. The van der Waals surface area contributed by atoms with Crippen molar-refractivity contribution >= 4 is 31.9 Å². The van der Waals surface area contributed by atoms with Crippen LogP contribution in [0.4, 0.5) is 17.6 Å². The SMILES string of the molecule is Cc1cc(C(Br)c2ccc(Br)cc2C(F)(F)F)ccc1F. The summed E-state index contributed by atoms with van der Waals surface area (Å²) in [6.07, 6.45) is -4.46. The molecule has 0 heterocycles. The maximum Gasteiger partial charge on any atom is 0.416 e. The summed E-state index contributed by atoms with van der Waals surface area (Å²) in [6.45, 7) is 1.57. The first-order valence-corrected chi connectivity index (χ1v) is 7.68. The lowest BCUT2D eigenvalue weighted by Crippen LogP contribution is -2.11. The average molecular weight is 426 g/mol. The Morgan fingerprint density at radius 2 is 1.71 bits per heavy atom. The van der Waals surface area contributed by atoms with E-state index < -0.39 is 16.6 Å². The van der Waals surface area contributed by atoms with Gasteiger partial charge in [0.05, 0.1) is 10.4 Å².